The van der Waals surface area contributed by atoms with E-state index in [1.165, 1.54) is 0 Å². The van der Waals surface area contributed by atoms with Crippen LogP contribution in [-0.2, 0) is 18.4 Å². The van der Waals surface area contributed by atoms with Gasteiger partial charge in [0.2, 0.25) is 0 Å². The second-order valence-electron chi connectivity index (χ2n) is 3.47. The van der Waals surface area contributed by atoms with Crippen LogP contribution in [0.15, 0.2) is 18.3 Å². The van der Waals surface area contributed by atoms with E-state index in [1.807, 2.05) is 20.0 Å². The molecule has 0 aliphatic heterocycles. The highest BCUT2D eigenvalue weighted by molar-refractivity contribution is 6.29. The van der Waals surface area contributed by atoms with Gasteiger partial charge in [-0.05, 0) is 13.0 Å². The molecule has 17 heavy (non-hydrogen) atoms. The first-order valence-corrected chi connectivity index (χ1v) is 5.68. The molecule has 2 heterocycles. The molecule has 0 saturated carbocycles. The van der Waals surface area contributed by atoms with Crippen LogP contribution in [0.3, 0.4) is 0 Å². The molecule has 0 spiro atoms. The smallest absolute Gasteiger partial charge is 0.156 e. The zero-order chi connectivity index (χ0) is 12.3. The second kappa shape index (κ2) is 5.25. The lowest BCUT2D eigenvalue weighted by atomic mass is 10.3. The highest BCUT2D eigenvalue weighted by Crippen LogP contribution is 2.19. The Kier molecular flexibility index (Phi) is 3.71. The SMILES string of the molecule is CCOCc1nc(Cl)cc(-c2ccnn2C)n1. The van der Waals surface area contributed by atoms with Gasteiger partial charge in [-0.2, -0.15) is 5.10 Å². The number of halogens is 1. The predicted molar refractivity (Wildman–Crippen MR) is 64.6 cm³/mol. The molecule has 2 rings (SSSR count). The van der Waals surface area contributed by atoms with Gasteiger partial charge in [0.25, 0.3) is 0 Å². The van der Waals surface area contributed by atoms with Crippen molar-refractivity contribution >= 4 is 11.6 Å². The van der Waals surface area contributed by atoms with Crippen LogP contribution in [0.1, 0.15) is 12.7 Å². The minimum Gasteiger partial charge on any atom is -0.374 e. The lowest BCUT2D eigenvalue weighted by Gasteiger charge is -2.05. The molecule has 90 valence electrons. The van der Waals surface area contributed by atoms with Gasteiger partial charge in [-0.25, -0.2) is 9.97 Å². The first-order chi connectivity index (χ1) is 8.20. The van der Waals surface area contributed by atoms with Crippen LogP contribution in [0, 0.1) is 0 Å². The van der Waals surface area contributed by atoms with E-state index in [2.05, 4.69) is 15.1 Å². The third-order valence-corrected chi connectivity index (χ3v) is 2.45. The van der Waals surface area contributed by atoms with Crippen molar-refractivity contribution in [2.45, 2.75) is 13.5 Å². The summed E-state index contributed by atoms with van der Waals surface area (Å²) in [6.07, 6.45) is 1.72. The normalized spacial score (nSPS) is 10.8. The Hall–Kier alpha value is -1.46. The van der Waals surface area contributed by atoms with E-state index in [9.17, 15) is 0 Å². The second-order valence-corrected chi connectivity index (χ2v) is 3.86. The quantitative estimate of drug-likeness (QED) is 0.782. The molecule has 0 radical (unpaired) electrons. The van der Waals surface area contributed by atoms with Gasteiger partial charge in [0, 0.05) is 25.9 Å². The van der Waals surface area contributed by atoms with Gasteiger partial charge in [-0.15, -0.1) is 0 Å². The molecule has 6 heteroatoms. The van der Waals surface area contributed by atoms with E-state index in [1.54, 1.807) is 16.9 Å². The molecular weight excluding hydrogens is 240 g/mol. The Morgan fingerprint density at radius 2 is 2.24 bits per heavy atom. The molecule has 0 aromatic carbocycles. The summed E-state index contributed by atoms with van der Waals surface area (Å²) in [4.78, 5) is 8.50. The number of aryl methyl sites for hydroxylation is 1. The molecule has 0 atom stereocenters. The molecule has 2 aromatic heterocycles. The van der Waals surface area contributed by atoms with E-state index in [4.69, 9.17) is 16.3 Å². The third-order valence-electron chi connectivity index (χ3n) is 2.26. The lowest BCUT2D eigenvalue weighted by Crippen LogP contribution is -2.02. The molecule has 2 aromatic rings. The van der Waals surface area contributed by atoms with E-state index >= 15 is 0 Å². The average Bonchev–Trinajstić information content (AvgIpc) is 2.72. The first-order valence-electron chi connectivity index (χ1n) is 5.30. The molecule has 0 fully saturated rings. The lowest BCUT2D eigenvalue weighted by molar-refractivity contribution is 0.128. The standard InChI is InChI=1S/C11H13ClN4O/c1-3-17-7-11-14-8(6-10(12)15-11)9-4-5-13-16(9)2/h4-6H,3,7H2,1-2H3. The highest BCUT2D eigenvalue weighted by Gasteiger charge is 2.08. The van der Waals surface area contributed by atoms with Gasteiger partial charge in [-0.1, -0.05) is 11.6 Å². The molecule has 5 nitrogen and oxygen atoms in total. The minimum atomic E-state index is 0.363. The molecule has 0 aliphatic rings. The Bertz CT molecular complexity index is 512. The number of aromatic nitrogens is 4. The van der Waals surface area contributed by atoms with Crippen molar-refractivity contribution in [3.05, 3.63) is 29.3 Å². The number of nitrogens with zero attached hydrogens (tertiary/aromatic N) is 4. The summed E-state index contributed by atoms with van der Waals surface area (Å²) in [6.45, 7) is 2.91. The minimum absolute atomic E-state index is 0.363. The Morgan fingerprint density at radius 3 is 2.88 bits per heavy atom. The van der Waals surface area contributed by atoms with E-state index < -0.39 is 0 Å². The van der Waals surface area contributed by atoms with Crippen LogP contribution >= 0.6 is 11.6 Å². The maximum atomic E-state index is 5.96. The van der Waals surface area contributed by atoms with Crippen LogP contribution in [0.25, 0.3) is 11.4 Å². The number of hydrogen-bond donors (Lipinski definition) is 0. The maximum Gasteiger partial charge on any atom is 0.156 e. The molecule has 0 saturated heterocycles. The topological polar surface area (TPSA) is 52.8 Å². The van der Waals surface area contributed by atoms with Crippen molar-refractivity contribution in [2.75, 3.05) is 6.61 Å². The molecule has 0 unspecified atom stereocenters. The van der Waals surface area contributed by atoms with Crippen LogP contribution in [0.2, 0.25) is 5.15 Å². The van der Waals surface area contributed by atoms with Crippen LogP contribution < -0.4 is 0 Å². The van der Waals surface area contributed by atoms with Gasteiger partial charge in [0.1, 0.15) is 11.8 Å². The zero-order valence-electron chi connectivity index (χ0n) is 9.72. The molecule has 0 amide bonds. The van der Waals surface area contributed by atoms with Crippen LogP contribution in [-0.4, -0.2) is 26.4 Å². The van der Waals surface area contributed by atoms with Gasteiger partial charge in [-0.3, -0.25) is 4.68 Å². The molecule has 0 N–H and O–H groups in total. The first kappa shape index (κ1) is 12.0. The van der Waals surface area contributed by atoms with Crippen molar-refractivity contribution < 1.29 is 4.74 Å². The number of hydrogen-bond acceptors (Lipinski definition) is 4. The molecule has 0 bridgehead atoms. The van der Waals surface area contributed by atoms with Crippen molar-refractivity contribution in [2.24, 2.45) is 7.05 Å². The van der Waals surface area contributed by atoms with Crippen molar-refractivity contribution in [3.63, 3.8) is 0 Å². The fraction of sp³-hybridized carbons (Fsp3) is 0.364. The Morgan fingerprint density at radius 1 is 1.41 bits per heavy atom. The van der Waals surface area contributed by atoms with Gasteiger partial charge < -0.3 is 4.74 Å². The highest BCUT2D eigenvalue weighted by atomic mass is 35.5. The summed E-state index contributed by atoms with van der Waals surface area (Å²) in [5, 5.41) is 4.50. The van der Waals surface area contributed by atoms with Gasteiger partial charge >= 0.3 is 0 Å². The van der Waals surface area contributed by atoms with Gasteiger partial charge in [0.05, 0.1) is 11.4 Å². The predicted octanol–water partition coefficient (Wildman–Crippen LogP) is 2.07. The third kappa shape index (κ3) is 2.81. The van der Waals surface area contributed by atoms with Crippen molar-refractivity contribution in [3.8, 4) is 11.4 Å². The monoisotopic (exact) mass is 252 g/mol. The summed E-state index contributed by atoms with van der Waals surface area (Å²) >= 11 is 5.96. The van der Waals surface area contributed by atoms with E-state index in [0.717, 1.165) is 11.4 Å². The summed E-state index contributed by atoms with van der Waals surface area (Å²) in [7, 11) is 1.85. The van der Waals surface area contributed by atoms with Crippen LogP contribution in [0.4, 0.5) is 0 Å². The van der Waals surface area contributed by atoms with Crippen LogP contribution in [0.5, 0.6) is 0 Å². The fourth-order valence-corrected chi connectivity index (χ4v) is 1.68. The van der Waals surface area contributed by atoms with Crippen molar-refractivity contribution in [1.29, 1.82) is 0 Å². The Labute approximate surface area is 104 Å². The number of ether oxygens (including phenoxy) is 1. The van der Waals surface area contributed by atoms with E-state index in [0.29, 0.717) is 24.2 Å². The van der Waals surface area contributed by atoms with Gasteiger partial charge in [0.15, 0.2) is 5.82 Å². The summed E-state index contributed by atoms with van der Waals surface area (Å²) in [5.74, 6) is 0.579. The molecule has 0 aliphatic carbocycles. The van der Waals surface area contributed by atoms with E-state index in [-0.39, 0.29) is 0 Å². The number of rotatable bonds is 4. The summed E-state index contributed by atoms with van der Waals surface area (Å²) in [5.41, 5.74) is 1.65. The molecular formula is C11H13ClN4O. The largest absolute Gasteiger partial charge is 0.374 e. The Balaban J connectivity index is 2.35. The summed E-state index contributed by atoms with van der Waals surface area (Å²) in [6, 6.07) is 3.59. The fourth-order valence-electron chi connectivity index (χ4n) is 1.48. The zero-order valence-corrected chi connectivity index (χ0v) is 10.5. The summed E-state index contributed by atoms with van der Waals surface area (Å²) < 4.78 is 7.01. The van der Waals surface area contributed by atoms with Crippen molar-refractivity contribution in [1.82, 2.24) is 19.7 Å². The average molecular weight is 253 g/mol. The maximum absolute atomic E-state index is 5.96.